The molecule has 2 saturated heterocycles. The van der Waals surface area contributed by atoms with Crippen LogP contribution in [0.1, 0.15) is 38.9 Å². The molecule has 0 saturated carbocycles. The Bertz CT molecular complexity index is 2780. The summed E-state index contributed by atoms with van der Waals surface area (Å²) in [6.45, 7) is 1.61. The summed E-state index contributed by atoms with van der Waals surface area (Å²) in [7, 11) is 1.59. The average Bonchev–Trinajstić information content (AvgIpc) is 3.46. The molecule has 404 valence electrons. The molecule has 0 N–H and O–H groups in total. The minimum atomic E-state index is -1.18. The lowest BCUT2D eigenvalue weighted by molar-refractivity contribution is -0.376. The minimum absolute atomic E-state index is 0.0613. The van der Waals surface area contributed by atoms with Crippen LogP contribution in [0.4, 0.5) is 0 Å². The molecular formula is C62H62Cl4O11. The molecule has 9 rings (SSSR count). The van der Waals surface area contributed by atoms with E-state index in [1.807, 2.05) is 188 Å². The van der Waals surface area contributed by atoms with Crippen LogP contribution in [0.2, 0.25) is 20.1 Å². The van der Waals surface area contributed by atoms with Crippen LogP contribution in [0.3, 0.4) is 0 Å². The van der Waals surface area contributed by atoms with Crippen molar-refractivity contribution in [3.8, 4) is 0 Å². The third kappa shape index (κ3) is 16.9. The molecule has 7 aromatic rings. The van der Waals surface area contributed by atoms with Crippen LogP contribution in [0.25, 0.3) is 0 Å². The maximum absolute atomic E-state index is 7.50. The van der Waals surface area contributed by atoms with E-state index in [-0.39, 0.29) is 52.9 Å². The topological polar surface area (TPSA) is 102 Å². The highest BCUT2D eigenvalue weighted by Gasteiger charge is 2.54. The first-order valence-corrected chi connectivity index (χ1v) is 27.1. The average molecular weight is 1120 g/mol. The predicted molar refractivity (Wildman–Crippen MR) is 297 cm³/mol. The molecular weight excluding hydrogens is 1060 g/mol. The van der Waals surface area contributed by atoms with Crippen LogP contribution in [0, 0.1) is 0 Å². The summed E-state index contributed by atoms with van der Waals surface area (Å²) in [4.78, 5) is 0. The molecule has 2 aliphatic heterocycles. The van der Waals surface area contributed by atoms with Gasteiger partial charge in [0.05, 0.1) is 59.5 Å². The molecule has 0 spiro atoms. The predicted octanol–water partition coefficient (Wildman–Crippen LogP) is 13.4. The van der Waals surface area contributed by atoms with Gasteiger partial charge in [0.15, 0.2) is 12.6 Å². The van der Waals surface area contributed by atoms with E-state index in [1.54, 1.807) is 7.11 Å². The van der Waals surface area contributed by atoms with E-state index in [4.69, 9.17) is 98.5 Å². The van der Waals surface area contributed by atoms with Gasteiger partial charge in [0, 0.05) is 27.2 Å². The van der Waals surface area contributed by atoms with Crippen molar-refractivity contribution in [2.45, 2.75) is 108 Å². The number of hydrogen-bond acceptors (Lipinski definition) is 11. The van der Waals surface area contributed by atoms with Gasteiger partial charge in [0.2, 0.25) is 0 Å². The molecule has 10 atom stereocenters. The molecule has 0 bridgehead atoms. The summed E-state index contributed by atoms with van der Waals surface area (Å²) >= 11 is 25.4. The zero-order valence-electron chi connectivity index (χ0n) is 42.5. The van der Waals surface area contributed by atoms with Crippen molar-refractivity contribution in [2.75, 3.05) is 20.3 Å². The number of benzene rings is 7. The Morgan fingerprint density at radius 1 is 0.312 bits per heavy atom. The summed E-state index contributed by atoms with van der Waals surface area (Å²) in [5.41, 5.74) is 6.41. The second kappa shape index (κ2) is 29.5. The first-order valence-electron chi connectivity index (χ1n) is 25.6. The van der Waals surface area contributed by atoms with E-state index >= 15 is 0 Å². The van der Waals surface area contributed by atoms with Crippen LogP contribution in [0.5, 0.6) is 0 Å². The molecule has 2 fully saturated rings. The van der Waals surface area contributed by atoms with E-state index < -0.39 is 61.4 Å². The molecule has 0 amide bonds. The fraction of sp³-hybridized carbons (Fsp3) is 0.323. The zero-order chi connectivity index (χ0) is 53.2. The van der Waals surface area contributed by atoms with Crippen molar-refractivity contribution >= 4 is 46.4 Å². The number of methoxy groups -OCH3 is 1. The van der Waals surface area contributed by atoms with E-state index in [2.05, 4.69) is 0 Å². The van der Waals surface area contributed by atoms with Crippen LogP contribution >= 0.6 is 46.4 Å². The normalized spacial score (nSPS) is 23.4. The molecule has 2 heterocycles. The Labute approximate surface area is 471 Å². The van der Waals surface area contributed by atoms with Crippen molar-refractivity contribution in [1.29, 1.82) is 0 Å². The third-order valence-corrected chi connectivity index (χ3v) is 14.2. The molecule has 0 aliphatic carbocycles. The number of halogens is 4. The summed E-state index contributed by atoms with van der Waals surface area (Å²) in [5, 5.41) is 2.42. The van der Waals surface area contributed by atoms with Gasteiger partial charge in [0.1, 0.15) is 48.8 Å². The molecule has 77 heavy (non-hydrogen) atoms. The van der Waals surface area contributed by atoms with Gasteiger partial charge in [-0.1, -0.05) is 186 Å². The number of ether oxygens (including phenoxy) is 11. The van der Waals surface area contributed by atoms with E-state index in [9.17, 15) is 0 Å². The lowest BCUT2D eigenvalue weighted by atomic mass is 9.95. The van der Waals surface area contributed by atoms with Gasteiger partial charge >= 0.3 is 0 Å². The SMILES string of the molecule is CO[C@H]1O[C@H](COCc2ccccc2)[C@@H](O[C@@H]2O[C@H](COCc3ccc(Cl)cc3)[C@@H](OCc3ccc(Cl)cc3)[C@H](OCc3ccc(Cl)cc3)[C@H]2OCc2ccc(Cl)cc2)[C@H](OCc2ccccc2)[C@H]1OCc1ccccc1. The fourth-order valence-electron chi connectivity index (χ4n) is 9.17. The van der Waals surface area contributed by atoms with Gasteiger partial charge in [-0.25, -0.2) is 0 Å². The summed E-state index contributed by atoms with van der Waals surface area (Å²) in [5.74, 6) is 0. The van der Waals surface area contributed by atoms with Gasteiger partial charge in [-0.2, -0.15) is 0 Å². The third-order valence-electron chi connectivity index (χ3n) is 13.2. The van der Waals surface area contributed by atoms with Gasteiger partial charge in [-0.3, -0.25) is 0 Å². The molecule has 0 radical (unpaired) electrons. The van der Waals surface area contributed by atoms with Crippen LogP contribution in [-0.4, -0.2) is 81.7 Å². The summed E-state index contributed by atoms with van der Waals surface area (Å²) in [6, 6.07) is 59.7. The maximum Gasteiger partial charge on any atom is 0.187 e. The Balaban J connectivity index is 1.12. The number of rotatable bonds is 26. The maximum atomic E-state index is 7.50. The molecule has 0 unspecified atom stereocenters. The van der Waals surface area contributed by atoms with Crippen LogP contribution in [-0.2, 0) is 98.4 Å². The minimum Gasteiger partial charge on any atom is -0.374 e. The Hall–Kier alpha value is -4.74. The standard InChI is InChI=1S/C62H62Cl4O11/c1-67-61-59(73-36-44-15-9-4-10-16-44)58(72-35-43-13-7-3-8-14-43)56(54(75-61)41-68-33-42-11-5-2-6-12-42)77-62-60(74-39-48-23-31-52(66)32-24-48)57(71-38-47-21-29-51(65)30-22-47)55(70-37-46-19-27-50(64)28-20-46)53(76-62)40-69-34-45-17-25-49(63)26-18-45/h2-32,53-62H,33-41H2,1H3/t53-,54-,55-,56-,57+,58+,59-,60-,61+,62+/m1/s1. The highest BCUT2D eigenvalue weighted by Crippen LogP contribution is 2.37. The highest BCUT2D eigenvalue weighted by molar-refractivity contribution is 6.31. The molecule has 0 aromatic heterocycles. The van der Waals surface area contributed by atoms with E-state index in [0.29, 0.717) is 26.7 Å². The molecule has 15 heteroatoms. The highest BCUT2D eigenvalue weighted by atomic mass is 35.5. The fourth-order valence-corrected chi connectivity index (χ4v) is 9.67. The largest absolute Gasteiger partial charge is 0.374 e. The van der Waals surface area contributed by atoms with Gasteiger partial charge in [-0.05, 0) is 87.5 Å². The lowest BCUT2D eigenvalue weighted by Gasteiger charge is -2.50. The van der Waals surface area contributed by atoms with Crippen molar-refractivity contribution in [2.24, 2.45) is 0 Å². The second-order valence-corrected chi connectivity index (χ2v) is 20.5. The smallest absolute Gasteiger partial charge is 0.187 e. The molecule has 7 aromatic carbocycles. The van der Waals surface area contributed by atoms with Gasteiger partial charge in [0.25, 0.3) is 0 Å². The molecule has 2 aliphatic rings. The van der Waals surface area contributed by atoms with Gasteiger partial charge < -0.3 is 52.1 Å². The van der Waals surface area contributed by atoms with Crippen LogP contribution in [0.15, 0.2) is 188 Å². The summed E-state index contributed by atoms with van der Waals surface area (Å²) in [6.07, 6.45) is -8.89. The first kappa shape index (κ1) is 57.0. The Kier molecular flexibility index (Phi) is 21.8. The summed E-state index contributed by atoms with van der Waals surface area (Å²) < 4.78 is 75.8. The Morgan fingerprint density at radius 2 is 0.597 bits per heavy atom. The zero-order valence-corrected chi connectivity index (χ0v) is 45.6. The van der Waals surface area contributed by atoms with E-state index in [1.165, 1.54) is 0 Å². The van der Waals surface area contributed by atoms with Crippen molar-refractivity contribution in [1.82, 2.24) is 0 Å². The second-order valence-electron chi connectivity index (χ2n) is 18.8. The van der Waals surface area contributed by atoms with Gasteiger partial charge in [-0.15, -0.1) is 0 Å². The van der Waals surface area contributed by atoms with Crippen molar-refractivity contribution in [3.05, 3.63) is 247 Å². The van der Waals surface area contributed by atoms with Crippen molar-refractivity contribution < 1.29 is 52.1 Å². The van der Waals surface area contributed by atoms with E-state index in [0.717, 1.165) is 38.9 Å². The molecule has 11 nitrogen and oxygen atoms in total. The van der Waals surface area contributed by atoms with Crippen molar-refractivity contribution in [3.63, 3.8) is 0 Å². The quantitative estimate of drug-likeness (QED) is 0.0518. The van der Waals surface area contributed by atoms with Crippen LogP contribution < -0.4 is 0 Å². The number of hydrogen-bond donors (Lipinski definition) is 0. The Morgan fingerprint density at radius 3 is 0.987 bits per heavy atom. The lowest BCUT2D eigenvalue weighted by Crippen LogP contribution is -2.66. The monoisotopic (exact) mass is 1120 g/mol. The first-order chi connectivity index (χ1) is 37.7.